The largest absolute Gasteiger partial charge is 0.469 e. The van der Waals surface area contributed by atoms with E-state index in [4.69, 9.17) is 4.42 Å². The highest BCUT2D eigenvalue weighted by atomic mass is 16.3. The average Bonchev–Trinajstić information content (AvgIpc) is 2.49. The Labute approximate surface area is 78.6 Å². The second-order valence-electron chi connectivity index (χ2n) is 4.65. The van der Waals surface area contributed by atoms with Crippen LogP contribution in [-0.4, -0.2) is 11.2 Å². The number of aliphatic hydroxyl groups is 1. The average molecular weight is 180 g/mol. The lowest BCUT2D eigenvalue weighted by Gasteiger charge is -2.10. The molecule has 2 heteroatoms. The highest BCUT2D eigenvalue weighted by Gasteiger charge is 2.49. The fraction of sp³-hybridized carbons (Fsp3) is 0.636. The lowest BCUT2D eigenvalue weighted by Crippen LogP contribution is -2.15. The first-order valence-corrected chi connectivity index (χ1v) is 4.80. The number of rotatable bonds is 3. The fourth-order valence-electron chi connectivity index (χ4n) is 1.94. The van der Waals surface area contributed by atoms with Crippen molar-refractivity contribution in [3.63, 3.8) is 0 Å². The maximum Gasteiger partial charge on any atom is 0.106 e. The molecule has 0 amide bonds. The molecule has 0 aromatic carbocycles. The van der Waals surface area contributed by atoms with Gasteiger partial charge in [0.05, 0.1) is 12.4 Å². The Hall–Kier alpha value is -0.760. The summed E-state index contributed by atoms with van der Waals surface area (Å²) < 4.78 is 5.19. The van der Waals surface area contributed by atoms with Gasteiger partial charge in [-0.15, -0.1) is 0 Å². The van der Waals surface area contributed by atoms with Crippen molar-refractivity contribution in [1.82, 2.24) is 0 Å². The van der Waals surface area contributed by atoms with Crippen LogP contribution in [0.4, 0.5) is 0 Å². The third-order valence-corrected chi connectivity index (χ3v) is 3.04. The van der Waals surface area contributed by atoms with Crippen LogP contribution in [0.3, 0.4) is 0 Å². The molecule has 72 valence electrons. The van der Waals surface area contributed by atoms with Gasteiger partial charge in [0.1, 0.15) is 5.76 Å². The molecule has 0 aliphatic heterocycles. The van der Waals surface area contributed by atoms with Crippen molar-refractivity contribution in [2.24, 2.45) is 11.3 Å². The van der Waals surface area contributed by atoms with Crippen molar-refractivity contribution in [1.29, 1.82) is 0 Å². The van der Waals surface area contributed by atoms with E-state index in [2.05, 4.69) is 13.8 Å². The second-order valence-corrected chi connectivity index (χ2v) is 4.65. The second kappa shape index (κ2) is 2.88. The van der Waals surface area contributed by atoms with E-state index in [1.54, 1.807) is 6.26 Å². The first-order valence-electron chi connectivity index (χ1n) is 4.80. The Morgan fingerprint density at radius 2 is 2.38 bits per heavy atom. The van der Waals surface area contributed by atoms with E-state index >= 15 is 0 Å². The van der Waals surface area contributed by atoms with Gasteiger partial charge < -0.3 is 9.52 Å². The standard InChI is InChI=1S/C11H16O2/c1-11(2)7-9(11)10(12)6-8-4-3-5-13-8/h3-5,9-10,12H,6-7H2,1-2H3. The summed E-state index contributed by atoms with van der Waals surface area (Å²) in [4.78, 5) is 0. The van der Waals surface area contributed by atoms with Crippen LogP contribution in [0.5, 0.6) is 0 Å². The van der Waals surface area contributed by atoms with Gasteiger partial charge in [-0.25, -0.2) is 0 Å². The van der Waals surface area contributed by atoms with Gasteiger partial charge in [-0.2, -0.15) is 0 Å². The summed E-state index contributed by atoms with van der Waals surface area (Å²) in [6, 6.07) is 3.78. The molecule has 1 aromatic heterocycles. The fourth-order valence-corrected chi connectivity index (χ4v) is 1.94. The first-order chi connectivity index (χ1) is 6.09. The molecule has 2 rings (SSSR count). The minimum absolute atomic E-state index is 0.235. The molecular weight excluding hydrogens is 164 g/mol. The van der Waals surface area contributed by atoms with E-state index in [9.17, 15) is 5.11 Å². The summed E-state index contributed by atoms with van der Waals surface area (Å²) >= 11 is 0. The zero-order valence-corrected chi connectivity index (χ0v) is 8.16. The molecule has 1 N–H and O–H groups in total. The molecule has 0 spiro atoms. The molecule has 2 atom stereocenters. The minimum atomic E-state index is -0.235. The van der Waals surface area contributed by atoms with Crippen LogP contribution in [0.15, 0.2) is 22.8 Å². The van der Waals surface area contributed by atoms with Crippen LogP contribution in [0.2, 0.25) is 0 Å². The normalized spacial score (nSPS) is 27.2. The van der Waals surface area contributed by atoms with Crippen LogP contribution in [0.1, 0.15) is 26.0 Å². The molecule has 2 unspecified atom stereocenters. The number of furan rings is 1. The zero-order chi connectivity index (χ0) is 9.47. The van der Waals surface area contributed by atoms with Gasteiger partial charge in [-0.05, 0) is 29.9 Å². The minimum Gasteiger partial charge on any atom is -0.469 e. The Bertz CT molecular complexity index is 274. The Morgan fingerprint density at radius 3 is 2.85 bits per heavy atom. The molecule has 1 aliphatic rings. The van der Waals surface area contributed by atoms with E-state index < -0.39 is 0 Å². The van der Waals surface area contributed by atoms with Crippen LogP contribution in [0, 0.1) is 11.3 Å². The van der Waals surface area contributed by atoms with Crippen molar-refractivity contribution in [2.75, 3.05) is 0 Å². The van der Waals surface area contributed by atoms with Crippen LogP contribution in [0.25, 0.3) is 0 Å². The van der Waals surface area contributed by atoms with E-state index in [1.165, 1.54) is 0 Å². The van der Waals surface area contributed by atoms with Crippen molar-refractivity contribution in [3.8, 4) is 0 Å². The Morgan fingerprint density at radius 1 is 1.69 bits per heavy atom. The summed E-state index contributed by atoms with van der Waals surface area (Å²) in [6.45, 7) is 4.39. The lowest BCUT2D eigenvalue weighted by molar-refractivity contribution is 0.130. The van der Waals surface area contributed by atoms with Crippen LogP contribution >= 0.6 is 0 Å². The summed E-state index contributed by atoms with van der Waals surface area (Å²) in [5.74, 6) is 1.34. The smallest absolute Gasteiger partial charge is 0.106 e. The molecule has 13 heavy (non-hydrogen) atoms. The molecule has 0 saturated heterocycles. The number of hydrogen-bond acceptors (Lipinski definition) is 2. The predicted octanol–water partition coefficient (Wildman–Crippen LogP) is 2.23. The summed E-state index contributed by atoms with van der Waals surface area (Å²) in [5.41, 5.74) is 0.339. The summed E-state index contributed by atoms with van der Waals surface area (Å²) in [5, 5.41) is 9.84. The van der Waals surface area contributed by atoms with E-state index in [1.807, 2.05) is 12.1 Å². The van der Waals surface area contributed by atoms with Crippen LogP contribution < -0.4 is 0 Å². The van der Waals surface area contributed by atoms with Crippen molar-refractivity contribution in [2.45, 2.75) is 32.8 Å². The monoisotopic (exact) mass is 180 g/mol. The molecule has 1 aliphatic carbocycles. The highest BCUT2D eigenvalue weighted by Crippen LogP contribution is 2.53. The topological polar surface area (TPSA) is 33.4 Å². The van der Waals surface area contributed by atoms with Crippen molar-refractivity contribution < 1.29 is 9.52 Å². The maximum atomic E-state index is 9.84. The number of hydrogen-bond donors (Lipinski definition) is 1. The molecule has 2 nitrogen and oxygen atoms in total. The Kier molecular flexibility index (Phi) is 1.95. The van der Waals surface area contributed by atoms with Gasteiger partial charge in [-0.1, -0.05) is 13.8 Å². The van der Waals surface area contributed by atoms with Crippen LogP contribution in [-0.2, 0) is 6.42 Å². The molecule has 1 saturated carbocycles. The predicted molar refractivity (Wildman–Crippen MR) is 50.3 cm³/mol. The molecule has 1 heterocycles. The van der Waals surface area contributed by atoms with E-state index in [0.29, 0.717) is 17.8 Å². The number of aliphatic hydroxyl groups excluding tert-OH is 1. The molecule has 0 radical (unpaired) electrons. The first kappa shape index (κ1) is 8.82. The lowest BCUT2D eigenvalue weighted by atomic mass is 10.0. The Balaban J connectivity index is 1.90. The maximum absolute atomic E-state index is 9.84. The molecule has 1 aromatic rings. The quantitative estimate of drug-likeness (QED) is 0.773. The van der Waals surface area contributed by atoms with Crippen molar-refractivity contribution in [3.05, 3.63) is 24.2 Å². The van der Waals surface area contributed by atoms with Gasteiger partial charge in [0.15, 0.2) is 0 Å². The van der Waals surface area contributed by atoms with Gasteiger partial charge in [-0.3, -0.25) is 0 Å². The zero-order valence-electron chi connectivity index (χ0n) is 8.16. The third kappa shape index (κ3) is 1.78. The molecule has 0 bridgehead atoms. The van der Waals surface area contributed by atoms with E-state index in [-0.39, 0.29) is 6.10 Å². The summed E-state index contributed by atoms with van der Waals surface area (Å²) in [7, 11) is 0. The summed E-state index contributed by atoms with van der Waals surface area (Å²) in [6.07, 6.45) is 3.21. The highest BCUT2D eigenvalue weighted by molar-refractivity contribution is 5.05. The van der Waals surface area contributed by atoms with Gasteiger partial charge >= 0.3 is 0 Å². The van der Waals surface area contributed by atoms with Gasteiger partial charge in [0.25, 0.3) is 0 Å². The molecule has 1 fully saturated rings. The SMILES string of the molecule is CC1(C)CC1C(O)Cc1ccco1. The van der Waals surface area contributed by atoms with Crippen molar-refractivity contribution >= 4 is 0 Å². The molecular formula is C11H16O2. The van der Waals surface area contributed by atoms with E-state index in [0.717, 1.165) is 12.2 Å². The van der Waals surface area contributed by atoms with Gasteiger partial charge in [0.2, 0.25) is 0 Å². The van der Waals surface area contributed by atoms with Gasteiger partial charge in [0, 0.05) is 6.42 Å². The third-order valence-electron chi connectivity index (χ3n) is 3.04.